The average Bonchev–Trinajstić information content (AvgIpc) is 3.20. The number of nitrogens with zero attached hydrogens (tertiary/aromatic N) is 5. The molecule has 3 heterocycles. The van der Waals surface area contributed by atoms with Crippen LogP contribution in [0.3, 0.4) is 0 Å². The van der Waals surface area contributed by atoms with E-state index in [0.717, 1.165) is 46.9 Å². The van der Waals surface area contributed by atoms with E-state index in [2.05, 4.69) is 34.0 Å². The van der Waals surface area contributed by atoms with Gasteiger partial charge in [-0.15, -0.1) is 10.2 Å². The molecule has 0 amide bonds. The van der Waals surface area contributed by atoms with Gasteiger partial charge < -0.3 is 9.47 Å². The molecule has 4 rings (SSSR count). The van der Waals surface area contributed by atoms with Crippen LogP contribution in [0, 0.1) is 0 Å². The lowest BCUT2D eigenvalue weighted by Gasteiger charge is -2.24. The van der Waals surface area contributed by atoms with Gasteiger partial charge >= 0.3 is 0 Å². The number of para-hydroxylation sites is 2. The molecule has 8 heteroatoms. The normalized spacial score (nSPS) is 16.9. The van der Waals surface area contributed by atoms with Crippen LogP contribution in [0.2, 0.25) is 0 Å². The fraction of sp³-hybridized carbons (Fsp3) is 0.438. The largest absolute Gasteiger partial charge is 0.485 e. The molecule has 0 aliphatic carbocycles. The van der Waals surface area contributed by atoms with Crippen LogP contribution < -0.4 is 9.47 Å². The molecule has 1 aliphatic heterocycles. The molecule has 2 aromatic heterocycles. The minimum Gasteiger partial charge on any atom is -0.485 e. The molecule has 7 nitrogen and oxygen atoms in total. The van der Waals surface area contributed by atoms with Crippen LogP contribution in [0.5, 0.6) is 11.5 Å². The van der Waals surface area contributed by atoms with Crippen molar-refractivity contribution in [1.29, 1.82) is 0 Å². The van der Waals surface area contributed by atoms with E-state index in [-0.39, 0.29) is 6.10 Å². The lowest BCUT2D eigenvalue weighted by molar-refractivity contribution is 0.0904. The van der Waals surface area contributed by atoms with Crippen molar-refractivity contribution in [2.24, 2.45) is 0 Å². The van der Waals surface area contributed by atoms with Crippen molar-refractivity contribution < 1.29 is 9.47 Å². The maximum absolute atomic E-state index is 6.03. The van der Waals surface area contributed by atoms with Crippen molar-refractivity contribution >= 4 is 16.3 Å². The standard InChI is InChI=1S/C16H19N5O2S/c1-3-20(4-2)9-14-17-18-16-21(14)19-15(24-16)13-10-22-11-7-5-6-8-12(11)23-13/h5-8,13H,3-4,9-10H2,1-2H3. The van der Waals surface area contributed by atoms with Gasteiger partial charge in [-0.05, 0) is 25.2 Å². The number of hydrogen-bond acceptors (Lipinski definition) is 7. The summed E-state index contributed by atoms with van der Waals surface area (Å²) in [5.74, 6) is 2.38. The summed E-state index contributed by atoms with van der Waals surface area (Å²) in [4.78, 5) is 3.07. The van der Waals surface area contributed by atoms with Crippen LogP contribution in [-0.4, -0.2) is 44.4 Å². The summed E-state index contributed by atoms with van der Waals surface area (Å²) in [6.45, 7) is 7.41. The number of fused-ring (bicyclic) bond motifs is 2. The minimum absolute atomic E-state index is 0.215. The average molecular weight is 345 g/mol. The van der Waals surface area contributed by atoms with Crippen LogP contribution in [0.4, 0.5) is 0 Å². The molecule has 1 atom stereocenters. The minimum atomic E-state index is -0.215. The third-order valence-electron chi connectivity index (χ3n) is 4.11. The van der Waals surface area contributed by atoms with Gasteiger partial charge in [-0.25, -0.2) is 0 Å². The molecular weight excluding hydrogens is 326 g/mol. The maximum Gasteiger partial charge on any atom is 0.234 e. The highest BCUT2D eigenvalue weighted by Gasteiger charge is 2.26. The van der Waals surface area contributed by atoms with Crippen LogP contribution in [0.15, 0.2) is 24.3 Å². The van der Waals surface area contributed by atoms with E-state index in [4.69, 9.17) is 9.47 Å². The van der Waals surface area contributed by atoms with Crippen molar-refractivity contribution in [3.8, 4) is 11.5 Å². The molecule has 0 saturated carbocycles. The van der Waals surface area contributed by atoms with E-state index >= 15 is 0 Å². The Kier molecular flexibility index (Phi) is 4.07. The van der Waals surface area contributed by atoms with Crippen LogP contribution in [-0.2, 0) is 6.54 Å². The van der Waals surface area contributed by atoms with Gasteiger partial charge in [-0.1, -0.05) is 37.3 Å². The first-order chi connectivity index (χ1) is 11.8. The lowest BCUT2D eigenvalue weighted by Crippen LogP contribution is -2.24. The van der Waals surface area contributed by atoms with Gasteiger partial charge in [-0.3, -0.25) is 4.90 Å². The van der Waals surface area contributed by atoms with Gasteiger partial charge in [-0.2, -0.15) is 9.61 Å². The second-order valence-electron chi connectivity index (χ2n) is 5.58. The van der Waals surface area contributed by atoms with Crippen molar-refractivity contribution in [2.75, 3.05) is 19.7 Å². The summed E-state index contributed by atoms with van der Waals surface area (Å²) in [5.41, 5.74) is 0. The summed E-state index contributed by atoms with van der Waals surface area (Å²) < 4.78 is 13.6. The zero-order valence-corrected chi connectivity index (χ0v) is 14.5. The Morgan fingerprint density at radius 1 is 1.21 bits per heavy atom. The number of rotatable bonds is 5. The summed E-state index contributed by atoms with van der Waals surface area (Å²) in [5, 5.41) is 14.0. The number of hydrogen-bond donors (Lipinski definition) is 0. The third-order valence-corrected chi connectivity index (χ3v) is 5.11. The first-order valence-electron chi connectivity index (χ1n) is 8.10. The van der Waals surface area contributed by atoms with E-state index in [9.17, 15) is 0 Å². The van der Waals surface area contributed by atoms with Crippen LogP contribution in [0.25, 0.3) is 4.96 Å². The van der Waals surface area contributed by atoms with Gasteiger partial charge in [0.15, 0.2) is 28.4 Å². The zero-order chi connectivity index (χ0) is 16.5. The molecule has 1 unspecified atom stereocenters. The van der Waals surface area contributed by atoms with Crippen LogP contribution in [0.1, 0.15) is 30.8 Å². The second kappa shape index (κ2) is 6.37. The van der Waals surface area contributed by atoms with E-state index in [1.165, 1.54) is 11.3 Å². The van der Waals surface area contributed by atoms with E-state index in [1.807, 2.05) is 28.8 Å². The smallest absolute Gasteiger partial charge is 0.234 e. The molecule has 0 bridgehead atoms. The third kappa shape index (κ3) is 2.71. The zero-order valence-electron chi connectivity index (χ0n) is 13.7. The monoisotopic (exact) mass is 345 g/mol. The molecule has 0 radical (unpaired) electrons. The lowest BCUT2D eigenvalue weighted by atomic mass is 10.3. The first kappa shape index (κ1) is 15.3. The molecule has 0 spiro atoms. The van der Waals surface area contributed by atoms with Gasteiger partial charge in [0.05, 0.1) is 6.54 Å². The van der Waals surface area contributed by atoms with Crippen LogP contribution >= 0.6 is 11.3 Å². The highest BCUT2D eigenvalue weighted by atomic mass is 32.1. The molecule has 24 heavy (non-hydrogen) atoms. The van der Waals surface area contributed by atoms with E-state index in [0.29, 0.717) is 6.61 Å². The summed E-state index contributed by atoms with van der Waals surface area (Å²) >= 11 is 1.50. The fourth-order valence-electron chi connectivity index (χ4n) is 2.69. The van der Waals surface area contributed by atoms with E-state index < -0.39 is 0 Å². The van der Waals surface area contributed by atoms with Crippen molar-refractivity contribution in [3.05, 3.63) is 35.1 Å². The Morgan fingerprint density at radius 2 is 2.00 bits per heavy atom. The van der Waals surface area contributed by atoms with Crippen molar-refractivity contribution in [3.63, 3.8) is 0 Å². The quantitative estimate of drug-likeness (QED) is 0.708. The molecule has 1 aliphatic rings. The molecule has 3 aromatic rings. The summed E-state index contributed by atoms with van der Waals surface area (Å²) in [6.07, 6.45) is -0.215. The summed E-state index contributed by atoms with van der Waals surface area (Å²) in [6, 6.07) is 7.69. The Hall–Kier alpha value is -2.19. The maximum atomic E-state index is 6.03. The van der Waals surface area contributed by atoms with Gasteiger partial charge in [0.1, 0.15) is 6.61 Å². The van der Waals surface area contributed by atoms with Crippen molar-refractivity contribution in [2.45, 2.75) is 26.5 Å². The molecule has 0 fully saturated rings. The van der Waals surface area contributed by atoms with Gasteiger partial charge in [0, 0.05) is 0 Å². The summed E-state index contributed by atoms with van der Waals surface area (Å²) in [7, 11) is 0. The molecular formula is C16H19N5O2S. The molecule has 0 N–H and O–H groups in total. The number of aromatic nitrogens is 4. The molecule has 0 saturated heterocycles. The Bertz CT molecular complexity index is 842. The van der Waals surface area contributed by atoms with E-state index in [1.54, 1.807) is 0 Å². The number of benzene rings is 1. The second-order valence-corrected chi connectivity index (χ2v) is 6.56. The fourth-order valence-corrected chi connectivity index (χ4v) is 3.56. The predicted molar refractivity (Wildman–Crippen MR) is 90.6 cm³/mol. The Balaban J connectivity index is 1.59. The predicted octanol–water partition coefficient (Wildman–Crippen LogP) is 2.54. The molecule has 126 valence electrons. The Morgan fingerprint density at radius 3 is 2.79 bits per heavy atom. The first-order valence-corrected chi connectivity index (χ1v) is 8.92. The van der Waals surface area contributed by atoms with Gasteiger partial charge in [0.25, 0.3) is 0 Å². The van der Waals surface area contributed by atoms with Crippen molar-refractivity contribution in [1.82, 2.24) is 24.7 Å². The topological polar surface area (TPSA) is 64.8 Å². The van der Waals surface area contributed by atoms with Gasteiger partial charge in [0.2, 0.25) is 4.96 Å². The number of ether oxygens (including phenoxy) is 2. The SMILES string of the molecule is CCN(CC)Cc1nnc2sc(C3COc4ccccc4O3)nn12. The Labute approximate surface area is 143 Å². The highest BCUT2D eigenvalue weighted by Crippen LogP contribution is 2.36. The molecule has 1 aromatic carbocycles. The highest BCUT2D eigenvalue weighted by molar-refractivity contribution is 7.16.